The van der Waals surface area contributed by atoms with E-state index in [1.807, 2.05) is 0 Å². The second kappa shape index (κ2) is 7.51. The molecule has 0 aliphatic carbocycles. The minimum atomic E-state index is -5.09. The molecule has 1 N–H and O–H groups in total. The summed E-state index contributed by atoms with van der Waals surface area (Å²) in [6.07, 6.45) is 0. The summed E-state index contributed by atoms with van der Waals surface area (Å²) in [5.41, 5.74) is -0.0523. The Morgan fingerprint density at radius 3 is 2.15 bits per heavy atom. The van der Waals surface area contributed by atoms with Gasteiger partial charge in [0.1, 0.15) is 12.4 Å². The summed E-state index contributed by atoms with van der Waals surface area (Å²) in [5.74, 6) is -0.0779. The molecule has 2 aromatic carbocycles. The first-order valence-corrected chi connectivity index (χ1v) is 5.66. The molecule has 0 amide bonds. The normalized spacial score (nSPS) is 10.8. The van der Waals surface area contributed by atoms with Gasteiger partial charge in [-0.2, -0.15) is 0 Å². The van der Waals surface area contributed by atoms with Gasteiger partial charge in [0, 0.05) is 0 Å². The molecule has 7 heteroatoms. The second-order valence-electron chi connectivity index (χ2n) is 4.07. The fourth-order valence-corrected chi connectivity index (χ4v) is 1.64. The Morgan fingerprint density at radius 2 is 1.55 bits per heavy atom. The summed E-state index contributed by atoms with van der Waals surface area (Å²) in [4.78, 5) is 0. The van der Waals surface area contributed by atoms with Gasteiger partial charge in [0.2, 0.25) is 0 Å². The van der Waals surface area contributed by atoms with Crippen molar-refractivity contribution in [2.24, 2.45) is 0 Å². The molecule has 0 bridgehead atoms. The number of phenolic OH excluding ortho intramolecular Hbond substituents is 1. The molecular weight excluding hydrogens is 295 g/mol. The molecular formula is C13H11BF3KO2. The van der Waals surface area contributed by atoms with Gasteiger partial charge in [-0.1, -0.05) is 35.8 Å². The molecule has 100 valence electrons. The average Bonchev–Trinajstić information content (AvgIpc) is 2.37. The number of hydrogen-bond donors (Lipinski definition) is 1. The number of halogens is 3. The minimum absolute atomic E-state index is 0. The van der Waals surface area contributed by atoms with Crippen LogP contribution in [0.1, 0.15) is 5.56 Å². The Morgan fingerprint density at radius 1 is 0.950 bits per heavy atom. The molecule has 0 spiro atoms. The van der Waals surface area contributed by atoms with E-state index in [4.69, 9.17) is 9.84 Å². The summed E-state index contributed by atoms with van der Waals surface area (Å²) in [6, 6.07) is 11.2. The predicted molar refractivity (Wildman–Crippen MR) is 67.6 cm³/mol. The van der Waals surface area contributed by atoms with Gasteiger partial charge >= 0.3 is 58.4 Å². The number of para-hydroxylation sites is 1. The number of hydrogen-bond acceptors (Lipinski definition) is 2. The van der Waals surface area contributed by atoms with Gasteiger partial charge in [-0.3, -0.25) is 0 Å². The largest absolute Gasteiger partial charge is 1.00 e. The van der Waals surface area contributed by atoms with Crippen molar-refractivity contribution in [2.45, 2.75) is 6.61 Å². The number of aromatic hydroxyl groups is 1. The number of phenols is 1. The van der Waals surface area contributed by atoms with E-state index in [0.29, 0.717) is 5.56 Å². The Kier molecular flexibility index (Phi) is 6.61. The molecule has 20 heavy (non-hydrogen) atoms. The van der Waals surface area contributed by atoms with Crippen LogP contribution in [0.2, 0.25) is 0 Å². The van der Waals surface area contributed by atoms with E-state index in [1.54, 1.807) is 12.1 Å². The Hall–Kier alpha value is -0.469. The Labute approximate surface area is 157 Å². The van der Waals surface area contributed by atoms with Crippen LogP contribution in [0.3, 0.4) is 0 Å². The van der Waals surface area contributed by atoms with E-state index in [0.717, 1.165) is 6.07 Å². The molecule has 0 radical (unpaired) electrons. The second-order valence-corrected chi connectivity index (χ2v) is 4.07. The molecule has 0 fully saturated rings. The molecule has 0 saturated carbocycles. The predicted octanol–water partition coefficient (Wildman–Crippen LogP) is 0.0296. The van der Waals surface area contributed by atoms with E-state index in [1.165, 1.54) is 30.3 Å². The molecule has 2 aromatic rings. The van der Waals surface area contributed by atoms with Crippen LogP contribution in [0.15, 0.2) is 48.5 Å². The zero-order valence-corrected chi connectivity index (χ0v) is 14.0. The van der Waals surface area contributed by atoms with Crippen LogP contribution in [0.4, 0.5) is 12.9 Å². The molecule has 0 heterocycles. The van der Waals surface area contributed by atoms with Crippen molar-refractivity contribution in [1.82, 2.24) is 0 Å². The minimum Gasteiger partial charge on any atom is -0.508 e. The van der Waals surface area contributed by atoms with Crippen LogP contribution in [-0.2, 0) is 6.61 Å². The quantitative estimate of drug-likeness (QED) is 0.808. The van der Waals surface area contributed by atoms with Gasteiger partial charge in [0.25, 0.3) is 0 Å². The van der Waals surface area contributed by atoms with Crippen LogP contribution in [0, 0.1) is 0 Å². The van der Waals surface area contributed by atoms with Crippen molar-refractivity contribution in [2.75, 3.05) is 0 Å². The summed E-state index contributed by atoms with van der Waals surface area (Å²) in [6.45, 7) is -5.07. The Balaban J connectivity index is 0.00000200. The number of rotatable bonds is 4. The van der Waals surface area contributed by atoms with Crippen molar-refractivity contribution in [3.63, 3.8) is 0 Å². The molecule has 0 atom stereocenters. The fraction of sp³-hybridized carbons (Fsp3) is 0.0769. The zero-order valence-electron chi connectivity index (χ0n) is 10.9. The summed E-state index contributed by atoms with van der Waals surface area (Å²) in [7, 11) is 0. The van der Waals surface area contributed by atoms with Gasteiger partial charge in [-0.25, -0.2) is 0 Å². The molecule has 0 aliphatic rings. The summed E-state index contributed by atoms with van der Waals surface area (Å²) in [5, 5.41) is 9.11. The van der Waals surface area contributed by atoms with Crippen LogP contribution >= 0.6 is 0 Å². The zero-order chi connectivity index (χ0) is 13.9. The van der Waals surface area contributed by atoms with Gasteiger partial charge in [-0.15, -0.1) is 0 Å². The fourth-order valence-electron chi connectivity index (χ4n) is 1.64. The Bertz CT molecular complexity index is 558. The third-order valence-electron chi connectivity index (χ3n) is 2.60. The maximum absolute atomic E-state index is 12.8. The van der Waals surface area contributed by atoms with Crippen molar-refractivity contribution in [3.05, 3.63) is 54.1 Å². The van der Waals surface area contributed by atoms with Gasteiger partial charge in [0.05, 0.1) is 5.75 Å². The first-order chi connectivity index (χ1) is 8.97. The SMILES string of the molecule is Oc1ccc(COc2ccccc2[B-](F)(F)F)cc1.[K+]. The maximum Gasteiger partial charge on any atom is 1.00 e. The molecule has 0 aliphatic heterocycles. The van der Waals surface area contributed by atoms with E-state index in [-0.39, 0.29) is 69.5 Å². The topological polar surface area (TPSA) is 29.5 Å². The van der Waals surface area contributed by atoms with E-state index in [9.17, 15) is 12.9 Å². The van der Waals surface area contributed by atoms with E-state index >= 15 is 0 Å². The summed E-state index contributed by atoms with van der Waals surface area (Å²) < 4.78 is 43.5. The standard InChI is InChI=1S/C13H11BF3O2.K/c15-14(16,17)12-3-1-2-4-13(12)19-9-10-5-7-11(18)8-6-10;/h1-8,18H,9H2;/q-1;+1. The van der Waals surface area contributed by atoms with Gasteiger partial charge < -0.3 is 22.8 Å². The first-order valence-electron chi connectivity index (χ1n) is 5.66. The van der Waals surface area contributed by atoms with Crippen molar-refractivity contribution < 1.29 is 74.2 Å². The number of benzene rings is 2. The van der Waals surface area contributed by atoms with Crippen molar-refractivity contribution in [3.8, 4) is 11.5 Å². The first kappa shape index (κ1) is 17.6. The maximum atomic E-state index is 12.8. The van der Waals surface area contributed by atoms with Crippen LogP contribution < -0.4 is 61.6 Å². The van der Waals surface area contributed by atoms with Crippen LogP contribution in [0.5, 0.6) is 11.5 Å². The van der Waals surface area contributed by atoms with Gasteiger partial charge in [-0.05, 0) is 23.8 Å². The molecule has 0 aromatic heterocycles. The molecule has 2 nitrogen and oxygen atoms in total. The monoisotopic (exact) mass is 306 g/mol. The third-order valence-corrected chi connectivity index (χ3v) is 2.60. The summed E-state index contributed by atoms with van der Waals surface area (Å²) >= 11 is 0. The van der Waals surface area contributed by atoms with E-state index < -0.39 is 12.4 Å². The molecule has 2 rings (SSSR count). The third kappa shape index (κ3) is 4.82. The van der Waals surface area contributed by atoms with Gasteiger partial charge in [0.15, 0.2) is 0 Å². The molecule has 0 saturated heterocycles. The van der Waals surface area contributed by atoms with Crippen molar-refractivity contribution >= 4 is 12.4 Å². The number of ether oxygens (including phenoxy) is 1. The average molecular weight is 306 g/mol. The smallest absolute Gasteiger partial charge is 0.508 e. The van der Waals surface area contributed by atoms with Crippen molar-refractivity contribution in [1.29, 1.82) is 0 Å². The van der Waals surface area contributed by atoms with E-state index in [2.05, 4.69) is 0 Å². The van der Waals surface area contributed by atoms with Crippen LogP contribution in [0.25, 0.3) is 0 Å². The van der Waals surface area contributed by atoms with Crippen LogP contribution in [-0.4, -0.2) is 12.1 Å². The molecule has 0 unspecified atom stereocenters.